The minimum atomic E-state index is -0.451. The van der Waals surface area contributed by atoms with Gasteiger partial charge in [-0.3, -0.25) is 10.1 Å². The average molecular weight is 212 g/mol. The van der Waals surface area contributed by atoms with Gasteiger partial charge in [0, 0.05) is 20.1 Å². The van der Waals surface area contributed by atoms with Crippen LogP contribution in [0, 0.1) is 10.1 Å². The van der Waals surface area contributed by atoms with Crippen LogP contribution in [0.5, 0.6) is 0 Å². The van der Waals surface area contributed by atoms with Crippen molar-refractivity contribution < 1.29 is 10.0 Å². The minimum absolute atomic E-state index is 0.00778. The molecule has 1 aromatic heterocycles. The highest BCUT2D eigenvalue weighted by Gasteiger charge is 2.29. The van der Waals surface area contributed by atoms with E-state index in [1.807, 2.05) is 0 Å². The molecule has 0 bridgehead atoms. The van der Waals surface area contributed by atoms with E-state index < -0.39 is 11.0 Å². The lowest BCUT2D eigenvalue weighted by Gasteiger charge is -2.16. The summed E-state index contributed by atoms with van der Waals surface area (Å²) in [5, 5.41) is 24.0. The number of aliphatic hydroxyl groups excluding tert-OH is 1. The van der Waals surface area contributed by atoms with Crippen molar-refractivity contribution in [3.63, 3.8) is 0 Å². The number of hydrogen-bond acceptors (Lipinski definition) is 5. The molecule has 0 saturated carbocycles. The highest BCUT2D eigenvalue weighted by molar-refractivity contribution is 5.58. The summed E-state index contributed by atoms with van der Waals surface area (Å²) in [6.45, 7) is 1.06. The summed E-state index contributed by atoms with van der Waals surface area (Å²) in [6.07, 6.45) is 1.47. The Balaban J connectivity index is 2.34. The lowest BCUT2D eigenvalue weighted by molar-refractivity contribution is -0.384. The van der Waals surface area contributed by atoms with E-state index in [2.05, 4.69) is 5.10 Å². The molecule has 0 aliphatic carbocycles. The standard InChI is InChI=1S/C8H12N4O3/c1-10-8(7(4-9-10)12(14)15)11-3-2-6(13)5-11/h4,6,13H,2-3,5H2,1H3/t6-/m1/s1. The van der Waals surface area contributed by atoms with Gasteiger partial charge in [0.05, 0.1) is 11.0 Å². The molecule has 1 aliphatic heterocycles. The summed E-state index contributed by atoms with van der Waals surface area (Å²) < 4.78 is 1.47. The fraction of sp³-hybridized carbons (Fsp3) is 0.625. The van der Waals surface area contributed by atoms with Crippen LogP contribution >= 0.6 is 0 Å². The van der Waals surface area contributed by atoms with Gasteiger partial charge in [-0.2, -0.15) is 5.10 Å². The van der Waals surface area contributed by atoms with E-state index in [1.54, 1.807) is 11.9 Å². The van der Waals surface area contributed by atoms with Crippen molar-refractivity contribution in [2.75, 3.05) is 18.0 Å². The van der Waals surface area contributed by atoms with Gasteiger partial charge in [-0.05, 0) is 6.42 Å². The van der Waals surface area contributed by atoms with Crippen LogP contribution in [0.2, 0.25) is 0 Å². The van der Waals surface area contributed by atoms with Crippen molar-refractivity contribution in [1.29, 1.82) is 0 Å². The molecule has 82 valence electrons. The first kappa shape index (κ1) is 9.91. The summed E-state index contributed by atoms with van der Waals surface area (Å²) in [4.78, 5) is 12.1. The van der Waals surface area contributed by atoms with Crippen LogP contribution in [-0.4, -0.2) is 39.0 Å². The third-order valence-corrected chi connectivity index (χ3v) is 2.55. The fourth-order valence-electron chi connectivity index (χ4n) is 1.85. The van der Waals surface area contributed by atoms with Crippen molar-refractivity contribution in [1.82, 2.24) is 9.78 Å². The molecule has 1 saturated heterocycles. The number of β-amino-alcohol motifs (C(OH)–C–C–N with tert-alkyl or cyclic N) is 1. The predicted molar refractivity (Wildman–Crippen MR) is 52.7 cm³/mol. The van der Waals surface area contributed by atoms with Crippen LogP contribution in [-0.2, 0) is 7.05 Å². The lowest BCUT2D eigenvalue weighted by Crippen LogP contribution is -2.24. The Labute approximate surface area is 86.1 Å². The summed E-state index contributed by atoms with van der Waals surface area (Å²) in [5.41, 5.74) is -0.00778. The van der Waals surface area contributed by atoms with Crippen LogP contribution in [0.25, 0.3) is 0 Å². The second-order valence-electron chi connectivity index (χ2n) is 3.62. The Hall–Kier alpha value is -1.63. The average Bonchev–Trinajstić information content (AvgIpc) is 2.71. The molecule has 15 heavy (non-hydrogen) atoms. The van der Waals surface area contributed by atoms with Crippen molar-refractivity contribution in [3.8, 4) is 0 Å². The topological polar surface area (TPSA) is 84.4 Å². The highest BCUT2D eigenvalue weighted by Crippen LogP contribution is 2.29. The summed E-state index contributed by atoms with van der Waals surface area (Å²) in [7, 11) is 1.66. The fourth-order valence-corrected chi connectivity index (χ4v) is 1.85. The second kappa shape index (κ2) is 3.50. The summed E-state index contributed by atoms with van der Waals surface area (Å²) in [5.74, 6) is 0.469. The molecular weight excluding hydrogens is 200 g/mol. The minimum Gasteiger partial charge on any atom is -0.391 e. The SMILES string of the molecule is Cn1ncc([N+](=O)[O-])c1N1CC[C@@H](O)C1. The lowest BCUT2D eigenvalue weighted by atomic mass is 10.3. The quantitative estimate of drug-likeness (QED) is 0.546. The zero-order valence-electron chi connectivity index (χ0n) is 8.33. The van der Waals surface area contributed by atoms with Crippen LogP contribution in [0.3, 0.4) is 0 Å². The molecule has 0 radical (unpaired) electrons. The zero-order chi connectivity index (χ0) is 11.0. The number of nitrogens with zero attached hydrogens (tertiary/aromatic N) is 4. The van der Waals surface area contributed by atoms with Gasteiger partial charge >= 0.3 is 5.69 Å². The molecule has 1 aliphatic rings. The van der Waals surface area contributed by atoms with E-state index >= 15 is 0 Å². The maximum Gasteiger partial charge on any atom is 0.331 e. The first-order valence-electron chi connectivity index (χ1n) is 4.69. The monoisotopic (exact) mass is 212 g/mol. The molecule has 0 amide bonds. The molecule has 0 unspecified atom stereocenters. The van der Waals surface area contributed by atoms with Crippen LogP contribution in [0.1, 0.15) is 6.42 Å². The van der Waals surface area contributed by atoms with Crippen LogP contribution in [0.15, 0.2) is 6.20 Å². The third kappa shape index (κ3) is 1.65. The van der Waals surface area contributed by atoms with Gasteiger partial charge in [-0.15, -0.1) is 0 Å². The number of aliphatic hydroxyl groups is 1. The van der Waals surface area contributed by atoms with Crippen molar-refractivity contribution >= 4 is 11.5 Å². The summed E-state index contributed by atoms with van der Waals surface area (Å²) >= 11 is 0. The van der Waals surface area contributed by atoms with Gasteiger partial charge in [-0.25, -0.2) is 4.68 Å². The largest absolute Gasteiger partial charge is 0.391 e. The third-order valence-electron chi connectivity index (χ3n) is 2.55. The Morgan fingerprint density at radius 3 is 3.00 bits per heavy atom. The number of aromatic nitrogens is 2. The molecule has 0 aromatic carbocycles. The number of anilines is 1. The maximum atomic E-state index is 10.7. The van der Waals surface area contributed by atoms with Crippen LogP contribution < -0.4 is 4.90 Å². The maximum absolute atomic E-state index is 10.7. The first-order chi connectivity index (χ1) is 7.09. The van der Waals surface area contributed by atoms with Crippen molar-refractivity contribution in [3.05, 3.63) is 16.3 Å². The van der Waals surface area contributed by atoms with E-state index in [0.717, 1.165) is 0 Å². The Morgan fingerprint density at radius 1 is 1.73 bits per heavy atom. The van der Waals surface area contributed by atoms with Gasteiger partial charge in [0.2, 0.25) is 5.82 Å². The highest BCUT2D eigenvalue weighted by atomic mass is 16.6. The number of rotatable bonds is 2. The number of hydrogen-bond donors (Lipinski definition) is 1. The van der Waals surface area contributed by atoms with E-state index in [9.17, 15) is 15.2 Å². The molecule has 0 spiro atoms. The Kier molecular flexibility index (Phi) is 2.31. The first-order valence-corrected chi connectivity index (χ1v) is 4.69. The van der Waals surface area contributed by atoms with Gasteiger partial charge in [0.1, 0.15) is 6.20 Å². The number of aryl methyl sites for hydroxylation is 1. The van der Waals surface area contributed by atoms with Gasteiger partial charge < -0.3 is 10.0 Å². The molecule has 1 N–H and O–H groups in total. The molecule has 2 rings (SSSR count). The molecule has 7 heteroatoms. The molecular formula is C8H12N4O3. The smallest absolute Gasteiger partial charge is 0.331 e. The zero-order valence-corrected chi connectivity index (χ0v) is 8.33. The molecule has 2 heterocycles. The van der Waals surface area contributed by atoms with E-state index in [4.69, 9.17) is 0 Å². The van der Waals surface area contributed by atoms with Crippen LogP contribution in [0.4, 0.5) is 11.5 Å². The van der Waals surface area contributed by atoms with E-state index in [1.165, 1.54) is 10.9 Å². The molecule has 1 aromatic rings. The van der Waals surface area contributed by atoms with Crippen molar-refractivity contribution in [2.24, 2.45) is 7.05 Å². The normalized spacial score (nSPS) is 20.9. The van der Waals surface area contributed by atoms with Gasteiger partial charge in [-0.1, -0.05) is 0 Å². The van der Waals surface area contributed by atoms with Gasteiger partial charge in [0.25, 0.3) is 0 Å². The van der Waals surface area contributed by atoms with Crippen molar-refractivity contribution in [2.45, 2.75) is 12.5 Å². The van der Waals surface area contributed by atoms with Gasteiger partial charge in [0.15, 0.2) is 0 Å². The number of nitro groups is 1. The van der Waals surface area contributed by atoms with E-state index in [0.29, 0.717) is 25.3 Å². The predicted octanol–water partition coefficient (Wildman–Crippen LogP) is -0.101. The summed E-state index contributed by atoms with van der Waals surface area (Å²) in [6, 6.07) is 0. The second-order valence-corrected chi connectivity index (χ2v) is 3.62. The Bertz CT molecular complexity index is 389. The molecule has 1 atom stereocenters. The Morgan fingerprint density at radius 2 is 2.47 bits per heavy atom. The van der Waals surface area contributed by atoms with E-state index in [-0.39, 0.29) is 5.69 Å². The molecule has 7 nitrogen and oxygen atoms in total. The molecule has 1 fully saturated rings.